The highest BCUT2D eigenvalue weighted by Gasteiger charge is 2.30. The second kappa shape index (κ2) is 9.14. The summed E-state index contributed by atoms with van der Waals surface area (Å²) < 4.78 is 11.0. The molecule has 0 aliphatic carbocycles. The number of nitrogens with zero attached hydrogens (tertiary/aromatic N) is 3. The summed E-state index contributed by atoms with van der Waals surface area (Å²) in [6.07, 6.45) is 4.57. The number of aliphatic hydroxyl groups is 1. The lowest BCUT2D eigenvalue weighted by Gasteiger charge is -2.20. The lowest BCUT2D eigenvalue weighted by molar-refractivity contribution is 0.0713. The van der Waals surface area contributed by atoms with Crippen LogP contribution in [-0.2, 0) is 11.3 Å². The summed E-state index contributed by atoms with van der Waals surface area (Å²) in [6, 6.07) is 3.64. The molecule has 0 radical (unpaired) electrons. The van der Waals surface area contributed by atoms with Gasteiger partial charge < -0.3 is 24.4 Å². The summed E-state index contributed by atoms with van der Waals surface area (Å²) in [5.41, 5.74) is 2.62. The van der Waals surface area contributed by atoms with E-state index in [-0.39, 0.29) is 30.6 Å². The lowest BCUT2D eigenvalue weighted by atomic mass is 9.76. The minimum atomic E-state index is -0.953. The molecule has 9 heteroatoms. The van der Waals surface area contributed by atoms with Crippen molar-refractivity contribution in [1.82, 2.24) is 14.9 Å². The van der Waals surface area contributed by atoms with E-state index in [2.05, 4.69) is 9.97 Å². The van der Waals surface area contributed by atoms with E-state index in [4.69, 9.17) is 9.39 Å². The Morgan fingerprint density at radius 2 is 2.14 bits per heavy atom. The second-order valence-corrected chi connectivity index (χ2v) is 6.64. The molecule has 1 amide bonds. The van der Waals surface area contributed by atoms with Gasteiger partial charge in [0.2, 0.25) is 5.88 Å². The van der Waals surface area contributed by atoms with Gasteiger partial charge in [-0.1, -0.05) is 19.4 Å². The van der Waals surface area contributed by atoms with Crippen molar-refractivity contribution < 1.29 is 24.3 Å². The van der Waals surface area contributed by atoms with Crippen LogP contribution in [0.15, 0.2) is 24.5 Å². The third kappa shape index (κ3) is 4.32. The fourth-order valence-corrected chi connectivity index (χ4v) is 3.14. The van der Waals surface area contributed by atoms with E-state index in [1.54, 1.807) is 11.0 Å². The van der Waals surface area contributed by atoms with Gasteiger partial charge in [0.05, 0.1) is 25.6 Å². The van der Waals surface area contributed by atoms with E-state index >= 15 is 0 Å². The average molecular weight is 385 g/mol. The van der Waals surface area contributed by atoms with E-state index in [1.807, 2.05) is 19.9 Å². The molecule has 1 aromatic carbocycles. The van der Waals surface area contributed by atoms with Gasteiger partial charge in [0.15, 0.2) is 0 Å². The number of fused-ring (bicyclic) bond motifs is 1. The highest BCUT2D eigenvalue weighted by molar-refractivity contribution is 6.62. The van der Waals surface area contributed by atoms with Crippen molar-refractivity contribution in [3.05, 3.63) is 41.3 Å². The maximum Gasteiger partial charge on any atom is 0.492 e. The highest BCUT2D eigenvalue weighted by Crippen LogP contribution is 2.25. The number of carbonyl (C=O) groups excluding carboxylic acids is 1. The zero-order chi connectivity index (χ0) is 20.1. The van der Waals surface area contributed by atoms with Crippen LogP contribution in [0.25, 0.3) is 0 Å². The molecule has 2 N–H and O–H groups in total. The maximum absolute atomic E-state index is 12.6. The number of ether oxygens (including phenoxy) is 1. The number of aliphatic hydroxyl groups excluding tert-OH is 1. The Balaban J connectivity index is 1.73. The Hall–Kier alpha value is -2.49. The van der Waals surface area contributed by atoms with E-state index in [9.17, 15) is 14.9 Å². The Morgan fingerprint density at radius 1 is 1.32 bits per heavy atom. The molecular weight excluding hydrogens is 361 g/mol. The summed E-state index contributed by atoms with van der Waals surface area (Å²) in [7, 11) is -0.953. The van der Waals surface area contributed by atoms with Gasteiger partial charge in [0, 0.05) is 13.1 Å². The first-order valence-corrected chi connectivity index (χ1v) is 9.37. The Labute approximate surface area is 164 Å². The van der Waals surface area contributed by atoms with Gasteiger partial charge >= 0.3 is 7.12 Å². The Bertz CT molecular complexity index is 831. The first-order chi connectivity index (χ1) is 13.5. The van der Waals surface area contributed by atoms with Crippen LogP contribution in [0, 0.1) is 6.92 Å². The zero-order valence-electron chi connectivity index (χ0n) is 16.1. The molecule has 1 aliphatic heterocycles. The lowest BCUT2D eigenvalue weighted by Crippen LogP contribution is -2.35. The van der Waals surface area contributed by atoms with Crippen LogP contribution < -0.4 is 10.2 Å². The average Bonchev–Trinajstić information content (AvgIpc) is 3.09. The van der Waals surface area contributed by atoms with Crippen molar-refractivity contribution in [2.24, 2.45) is 0 Å². The van der Waals surface area contributed by atoms with Gasteiger partial charge in [-0.25, -0.2) is 9.97 Å². The molecule has 28 heavy (non-hydrogen) atoms. The number of benzene rings is 1. The summed E-state index contributed by atoms with van der Waals surface area (Å²) in [5, 5.41) is 19.1. The molecule has 1 aromatic heterocycles. The normalized spacial score (nSPS) is 12.8. The van der Waals surface area contributed by atoms with Crippen molar-refractivity contribution in [1.29, 1.82) is 0 Å². The number of amides is 1. The number of hydrogen-bond acceptors (Lipinski definition) is 7. The summed E-state index contributed by atoms with van der Waals surface area (Å²) >= 11 is 0. The highest BCUT2D eigenvalue weighted by atomic mass is 16.5. The van der Waals surface area contributed by atoms with E-state index in [0.717, 1.165) is 24.0 Å². The van der Waals surface area contributed by atoms with E-state index in [1.165, 1.54) is 12.4 Å². The topological polar surface area (TPSA) is 105 Å². The summed E-state index contributed by atoms with van der Waals surface area (Å²) in [4.78, 5) is 22.5. The molecule has 0 spiro atoms. The SMILES string of the molecule is CCCCN(CCO)C(=O)c1cnc(Oc2ccc3c(c2C)B(O)OC3)cn1. The van der Waals surface area contributed by atoms with Crippen LogP contribution in [-0.4, -0.2) is 57.7 Å². The molecule has 0 saturated heterocycles. The zero-order valence-corrected chi connectivity index (χ0v) is 16.1. The van der Waals surface area contributed by atoms with Gasteiger partial charge in [0.25, 0.3) is 5.91 Å². The molecule has 0 unspecified atom stereocenters. The molecule has 0 saturated carbocycles. The van der Waals surface area contributed by atoms with Gasteiger partial charge in [-0.05, 0) is 36.0 Å². The molecule has 2 aromatic rings. The molecular formula is C19H24BN3O5. The third-order valence-corrected chi connectivity index (χ3v) is 4.70. The third-order valence-electron chi connectivity index (χ3n) is 4.70. The molecule has 0 atom stereocenters. The molecule has 1 aliphatic rings. The second-order valence-electron chi connectivity index (χ2n) is 6.64. The molecule has 3 rings (SSSR count). The Morgan fingerprint density at radius 3 is 2.82 bits per heavy atom. The van der Waals surface area contributed by atoms with Crippen LogP contribution >= 0.6 is 0 Å². The van der Waals surface area contributed by atoms with Crippen molar-refractivity contribution >= 4 is 18.5 Å². The summed E-state index contributed by atoms with van der Waals surface area (Å²) in [5.74, 6) is 0.521. The minimum absolute atomic E-state index is 0.1000. The van der Waals surface area contributed by atoms with Crippen LogP contribution in [0.5, 0.6) is 11.6 Å². The number of hydrogen-bond donors (Lipinski definition) is 2. The predicted molar refractivity (Wildman–Crippen MR) is 104 cm³/mol. The quantitative estimate of drug-likeness (QED) is 0.654. The first kappa shape index (κ1) is 20.3. The first-order valence-electron chi connectivity index (χ1n) is 9.37. The fourth-order valence-electron chi connectivity index (χ4n) is 3.14. The van der Waals surface area contributed by atoms with Crippen molar-refractivity contribution in [2.75, 3.05) is 19.7 Å². The van der Waals surface area contributed by atoms with Crippen LogP contribution in [0.1, 0.15) is 41.4 Å². The monoisotopic (exact) mass is 385 g/mol. The largest absolute Gasteiger partial charge is 0.492 e. The molecule has 148 valence electrons. The smallest absolute Gasteiger partial charge is 0.437 e. The van der Waals surface area contributed by atoms with Gasteiger partial charge in [-0.2, -0.15) is 0 Å². The Kier molecular flexibility index (Phi) is 6.61. The molecule has 2 heterocycles. The maximum atomic E-state index is 12.6. The van der Waals surface area contributed by atoms with Gasteiger partial charge in [0.1, 0.15) is 11.4 Å². The summed E-state index contributed by atoms with van der Waals surface area (Å²) in [6.45, 7) is 4.98. The van der Waals surface area contributed by atoms with Crippen LogP contribution in [0.3, 0.4) is 0 Å². The number of carbonyl (C=O) groups is 1. The fraction of sp³-hybridized carbons (Fsp3) is 0.421. The van der Waals surface area contributed by atoms with Crippen molar-refractivity contribution in [3.63, 3.8) is 0 Å². The predicted octanol–water partition coefficient (Wildman–Crippen LogP) is 1.03. The molecule has 8 nitrogen and oxygen atoms in total. The standard InChI is InChI=1S/C19H24BN3O5/c1-3-4-7-23(8-9-24)19(25)15-10-22-17(11-21-15)28-16-6-5-14-12-27-20(26)18(14)13(16)2/h5-6,10-11,24,26H,3-4,7-9,12H2,1-2H3. The van der Waals surface area contributed by atoms with Crippen molar-refractivity contribution in [3.8, 4) is 11.6 Å². The van der Waals surface area contributed by atoms with Gasteiger partial charge in [-0.15, -0.1) is 0 Å². The van der Waals surface area contributed by atoms with Crippen LogP contribution in [0.2, 0.25) is 0 Å². The van der Waals surface area contributed by atoms with Crippen LogP contribution in [0.4, 0.5) is 0 Å². The number of rotatable bonds is 8. The molecule has 0 fully saturated rings. The van der Waals surface area contributed by atoms with E-state index < -0.39 is 7.12 Å². The van der Waals surface area contributed by atoms with Gasteiger partial charge in [-0.3, -0.25) is 4.79 Å². The minimum Gasteiger partial charge on any atom is -0.437 e. The molecule has 0 bridgehead atoms. The number of aromatic nitrogens is 2. The van der Waals surface area contributed by atoms with E-state index in [0.29, 0.717) is 24.4 Å². The number of unbranched alkanes of at least 4 members (excludes halogenated alkanes) is 1. The van der Waals surface area contributed by atoms with Crippen molar-refractivity contribution in [2.45, 2.75) is 33.3 Å².